The van der Waals surface area contributed by atoms with Gasteiger partial charge in [-0.15, -0.1) is 0 Å². The van der Waals surface area contributed by atoms with Gasteiger partial charge in [-0.25, -0.2) is 9.97 Å². The minimum Gasteiger partial charge on any atom is -0.353 e. The van der Waals surface area contributed by atoms with Crippen molar-refractivity contribution in [1.82, 2.24) is 15.0 Å². The van der Waals surface area contributed by atoms with E-state index in [1.54, 1.807) is 0 Å². The van der Waals surface area contributed by atoms with Crippen LogP contribution < -0.4 is 0 Å². The summed E-state index contributed by atoms with van der Waals surface area (Å²) in [6.45, 7) is 3.48. The first-order chi connectivity index (χ1) is 9.33. The average Bonchev–Trinajstić information content (AvgIpc) is 2.93. The molecule has 3 heterocycles. The molecule has 0 aromatic carbocycles. The molecule has 0 saturated carbocycles. The molecule has 0 spiro atoms. The van der Waals surface area contributed by atoms with E-state index in [-0.39, 0.29) is 12.2 Å². The Kier molecular flexibility index (Phi) is 3.75. The van der Waals surface area contributed by atoms with E-state index in [4.69, 9.17) is 9.47 Å². The number of fused-ring (bicyclic) bond motifs is 1. The molecule has 3 rings (SSSR count). The number of rotatable bonds is 4. The third-order valence-corrected chi connectivity index (χ3v) is 3.43. The molecule has 1 saturated heterocycles. The first-order valence-corrected chi connectivity index (χ1v) is 6.86. The highest BCUT2D eigenvalue weighted by Gasteiger charge is 2.17. The van der Waals surface area contributed by atoms with E-state index >= 15 is 0 Å². The van der Waals surface area contributed by atoms with Gasteiger partial charge in [0.05, 0.1) is 6.61 Å². The summed E-state index contributed by atoms with van der Waals surface area (Å²) in [6, 6.07) is 1.97. The van der Waals surface area contributed by atoms with Crippen molar-refractivity contribution in [3.63, 3.8) is 0 Å². The lowest BCUT2D eigenvalue weighted by molar-refractivity contribution is -0.164. The van der Waals surface area contributed by atoms with E-state index in [0.717, 1.165) is 36.3 Å². The van der Waals surface area contributed by atoms with Gasteiger partial charge in [0.2, 0.25) is 0 Å². The number of H-pyrrole nitrogens is 1. The van der Waals surface area contributed by atoms with Crippen LogP contribution in [0.4, 0.5) is 0 Å². The molecule has 1 fully saturated rings. The van der Waals surface area contributed by atoms with E-state index in [1.165, 1.54) is 6.42 Å². The fraction of sp³-hybridized carbons (Fsp3) is 0.571. The molecule has 5 nitrogen and oxygen atoms in total. The van der Waals surface area contributed by atoms with Gasteiger partial charge in [0.15, 0.2) is 6.29 Å². The fourth-order valence-corrected chi connectivity index (χ4v) is 2.26. The third kappa shape index (κ3) is 2.93. The molecule has 5 heteroatoms. The van der Waals surface area contributed by atoms with Crippen molar-refractivity contribution in [1.29, 1.82) is 0 Å². The second-order valence-electron chi connectivity index (χ2n) is 5.04. The van der Waals surface area contributed by atoms with Gasteiger partial charge >= 0.3 is 0 Å². The van der Waals surface area contributed by atoms with Crippen LogP contribution in [0.3, 0.4) is 0 Å². The lowest BCUT2D eigenvalue weighted by atomic mass is 10.1. The highest BCUT2D eigenvalue weighted by Crippen LogP contribution is 2.18. The van der Waals surface area contributed by atoms with Gasteiger partial charge in [0.1, 0.15) is 11.5 Å². The minimum atomic E-state index is -0.0505. The number of aromatic nitrogens is 3. The molecule has 0 bridgehead atoms. The molecule has 2 aromatic rings. The van der Waals surface area contributed by atoms with Crippen LogP contribution >= 0.6 is 0 Å². The number of nitrogens with one attached hydrogen (secondary N) is 1. The van der Waals surface area contributed by atoms with Crippen molar-refractivity contribution in [2.45, 2.75) is 38.4 Å². The second kappa shape index (κ2) is 5.67. The Bertz CT molecular complexity index is 534. The summed E-state index contributed by atoms with van der Waals surface area (Å²) in [4.78, 5) is 12.0. The van der Waals surface area contributed by atoms with E-state index in [0.29, 0.717) is 6.61 Å². The fourth-order valence-electron chi connectivity index (χ4n) is 2.26. The maximum Gasteiger partial charge on any atom is 0.157 e. The van der Waals surface area contributed by atoms with Crippen molar-refractivity contribution in [3.8, 4) is 0 Å². The highest BCUT2D eigenvalue weighted by molar-refractivity contribution is 5.73. The summed E-state index contributed by atoms with van der Waals surface area (Å²) in [6.07, 6.45) is 6.99. The average molecular weight is 261 g/mol. The van der Waals surface area contributed by atoms with Crippen LogP contribution in [0.1, 0.15) is 37.9 Å². The van der Waals surface area contributed by atoms with Crippen LogP contribution in [-0.2, 0) is 9.47 Å². The van der Waals surface area contributed by atoms with Crippen molar-refractivity contribution < 1.29 is 9.47 Å². The molecule has 2 atom stereocenters. The number of hydrogen-bond acceptors (Lipinski definition) is 4. The van der Waals surface area contributed by atoms with E-state index in [1.807, 2.05) is 18.5 Å². The number of aromatic amines is 1. The zero-order valence-electron chi connectivity index (χ0n) is 11.1. The summed E-state index contributed by atoms with van der Waals surface area (Å²) >= 11 is 0. The zero-order valence-corrected chi connectivity index (χ0v) is 11.1. The molecule has 1 aliphatic rings. The van der Waals surface area contributed by atoms with Crippen molar-refractivity contribution in [3.05, 3.63) is 24.3 Å². The van der Waals surface area contributed by atoms with Crippen LogP contribution in [0.15, 0.2) is 18.5 Å². The summed E-state index contributed by atoms with van der Waals surface area (Å²) in [7, 11) is 0. The number of hydrogen-bond donors (Lipinski definition) is 1. The molecule has 2 aromatic heterocycles. The third-order valence-electron chi connectivity index (χ3n) is 3.43. The molecular weight excluding hydrogens is 242 g/mol. The van der Waals surface area contributed by atoms with Gasteiger partial charge in [0, 0.05) is 30.3 Å². The van der Waals surface area contributed by atoms with E-state index < -0.39 is 0 Å². The van der Waals surface area contributed by atoms with E-state index in [2.05, 4.69) is 21.9 Å². The maximum absolute atomic E-state index is 5.78. The predicted octanol–water partition coefficient (Wildman–Crippen LogP) is 2.60. The Labute approximate surface area is 112 Å². The van der Waals surface area contributed by atoms with Crippen molar-refractivity contribution in [2.24, 2.45) is 0 Å². The standard InChI is InChI=1S/C14H19N3O2/c1-10(9-19-12-4-2-3-7-18-12)13-16-8-11-5-6-15-14(11)17-13/h5-6,8,10,12H,2-4,7,9H2,1H3,(H,15,16,17)/t10-,12?/m1/s1. The Morgan fingerprint density at radius 2 is 2.47 bits per heavy atom. The summed E-state index contributed by atoms with van der Waals surface area (Å²) in [5.41, 5.74) is 0.880. The van der Waals surface area contributed by atoms with Crippen LogP contribution in [0.2, 0.25) is 0 Å². The number of nitrogens with zero attached hydrogens (tertiary/aromatic N) is 2. The summed E-state index contributed by atoms with van der Waals surface area (Å²) in [5.74, 6) is 0.976. The van der Waals surface area contributed by atoms with Gasteiger partial charge in [0.25, 0.3) is 0 Å². The Balaban J connectivity index is 1.60. The Hall–Kier alpha value is -1.46. The predicted molar refractivity (Wildman–Crippen MR) is 71.8 cm³/mol. The van der Waals surface area contributed by atoms with Crippen LogP contribution in [-0.4, -0.2) is 34.5 Å². The number of ether oxygens (including phenoxy) is 2. The molecule has 102 valence electrons. The van der Waals surface area contributed by atoms with Gasteiger partial charge in [-0.1, -0.05) is 6.92 Å². The molecule has 19 heavy (non-hydrogen) atoms. The second-order valence-corrected chi connectivity index (χ2v) is 5.04. The quantitative estimate of drug-likeness (QED) is 0.919. The first-order valence-electron chi connectivity index (χ1n) is 6.86. The van der Waals surface area contributed by atoms with Crippen LogP contribution in [0, 0.1) is 0 Å². The normalized spacial score (nSPS) is 21.6. The molecule has 0 aliphatic carbocycles. The van der Waals surface area contributed by atoms with Gasteiger partial charge < -0.3 is 14.5 Å². The zero-order chi connectivity index (χ0) is 13.1. The molecular formula is C14H19N3O2. The summed E-state index contributed by atoms with van der Waals surface area (Å²) in [5, 5.41) is 1.03. The molecule has 1 N–H and O–H groups in total. The molecule has 1 aliphatic heterocycles. The SMILES string of the molecule is C[C@H](COC1CCCCO1)c1ncc2cc[nH]c2n1. The molecule has 1 unspecified atom stereocenters. The van der Waals surface area contributed by atoms with Gasteiger partial charge in [-0.2, -0.15) is 0 Å². The molecule has 0 amide bonds. The Morgan fingerprint density at radius 3 is 3.32 bits per heavy atom. The van der Waals surface area contributed by atoms with Crippen LogP contribution in [0.25, 0.3) is 11.0 Å². The highest BCUT2D eigenvalue weighted by atomic mass is 16.7. The summed E-state index contributed by atoms with van der Waals surface area (Å²) < 4.78 is 11.3. The van der Waals surface area contributed by atoms with Gasteiger partial charge in [-0.3, -0.25) is 0 Å². The van der Waals surface area contributed by atoms with Crippen molar-refractivity contribution in [2.75, 3.05) is 13.2 Å². The molecule has 0 radical (unpaired) electrons. The first kappa shape index (κ1) is 12.6. The monoisotopic (exact) mass is 261 g/mol. The van der Waals surface area contributed by atoms with E-state index in [9.17, 15) is 0 Å². The maximum atomic E-state index is 5.78. The Morgan fingerprint density at radius 1 is 1.53 bits per heavy atom. The van der Waals surface area contributed by atoms with Crippen molar-refractivity contribution >= 4 is 11.0 Å². The minimum absolute atomic E-state index is 0.0505. The lowest BCUT2D eigenvalue weighted by Crippen LogP contribution is -2.24. The lowest BCUT2D eigenvalue weighted by Gasteiger charge is -2.23. The smallest absolute Gasteiger partial charge is 0.157 e. The largest absolute Gasteiger partial charge is 0.353 e. The van der Waals surface area contributed by atoms with Crippen LogP contribution in [0.5, 0.6) is 0 Å². The topological polar surface area (TPSA) is 60.0 Å². The van der Waals surface area contributed by atoms with Gasteiger partial charge in [-0.05, 0) is 25.3 Å².